The number of thiophene rings is 1. The van der Waals surface area contributed by atoms with Crippen molar-refractivity contribution in [2.75, 3.05) is 30.0 Å². The molecule has 0 radical (unpaired) electrons. The standard InChI is InChI=1S/C27H38N2O5S2/c1-17-5-8-21(9-6-17)34-15-20(30)14-28-26-24(25(31)29-19-11-12-36(32,33)16-19)22-10-7-18(27(2,3)4)13-23(22)35-26/h5-6,8-9,18-20,28,30H,7,10-16H2,1-4H3,(H,29,31). The lowest BCUT2D eigenvalue weighted by atomic mass is 9.72. The highest BCUT2D eigenvalue weighted by Gasteiger charge is 2.35. The third-order valence-corrected chi connectivity index (χ3v) is 10.2. The van der Waals surface area contributed by atoms with Crippen LogP contribution in [0.1, 0.15) is 60.0 Å². The first-order valence-electron chi connectivity index (χ1n) is 12.7. The highest BCUT2D eigenvalue weighted by atomic mass is 32.2. The fourth-order valence-electron chi connectivity index (χ4n) is 4.95. The first-order chi connectivity index (χ1) is 16.9. The predicted molar refractivity (Wildman–Crippen MR) is 145 cm³/mol. The molecule has 1 fully saturated rings. The molecule has 1 amide bonds. The van der Waals surface area contributed by atoms with E-state index in [0.717, 1.165) is 35.4 Å². The maximum atomic E-state index is 13.4. The van der Waals surface area contributed by atoms with Crippen molar-refractivity contribution in [3.05, 3.63) is 45.8 Å². The van der Waals surface area contributed by atoms with Crippen molar-refractivity contribution in [2.45, 2.75) is 65.5 Å². The molecule has 0 bridgehead atoms. The average molecular weight is 535 g/mol. The smallest absolute Gasteiger partial charge is 0.254 e. The second kappa shape index (κ2) is 10.7. The molecule has 1 saturated heterocycles. The lowest BCUT2D eigenvalue weighted by Gasteiger charge is -2.33. The Hall–Kier alpha value is -2.10. The van der Waals surface area contributed by atoms with Crippen LogP contribution in [-0.2, 0) is 22.7 Å². The number of carbonyl (C=O) groups excluding carboxylic acids is 1. The van der Waals surface area contributed by atoms with Crippen LogP contribution in [0.5, 0.6) is 5.75 Å². The number of aliphatic hydroxyl groups is 1. The SMILES string of the molecule is Cc1ccc(OCC(O)CNc2sc3c(c2C(=O)NC2CCS(=O)(=O)C2)CCC(C(C)(C)C)C3)cc1. The number of hydrogen-bond acceptors (Lipinski definition) is 7. The summed E-state index contributed by atoms with van der Waals surface area (Å²) in [5.74, 6) is 1.11. The quantitative estimate of drug-likeness (QED) is 0.473. The molecule has 7 nitrogen and oxygen atoms in total. The number of amides is 1. The molecule has 0 spiro atoms. The van der Waals surface area contributed by atoms with E-state index in [1.165, 1.54) is 4.88 Å². The van der Waals surface area contributed by atoms with E-state index in [1.54, 1.807) is 11.3 Å². The van der Waals surface area contributed by atoms with Gasteiger partial charge in [0.05, 0.1) is 17.1 Å². The minimum Gasteiger partial charge on any atom is -0.491 e. The van der Waals surface area contributed by atoms with Crippen molar-refractivity contribution >= 4 is 32.1 Å². The normalized spacial score (nSPS) is 22.0. The molecule has 2 aliphatic rings. The molecule has 198 valence electrons. The second-order valence-corrected chi connectivity index (χ2v) is 14.6. The maximum Gasteiger partial charge on any atom is 0.254 e. The lowest BCUT2D eigenvalue weighted by Crippen LogP contribution is -2.36. The summed E-state index contributed by atoms with van der Waals surface area (Å²) in [6, 6.07) is 7.31. The third-order valence-electron chi connectivity index (χ3n) is 7.25. The monoisotopic (exact) mass is 534 g/mol. The highest BCUT2D eigenvalue weighted by molar-refractivity contribution is 7.91. The van der Waals surface area contributed by atoms with E-state index >= 15 is 0 Å². The van der Waals surface area contributed by atoms with Gasteiger partial charge in [0.1, 0.15) is 23.5 Å². The zero-order valence-electron chi connectivity index (χ0n) is 21.6. The van der Waals surface area contributed by atoms with Crippen molar-refractivity contribution < 1.29 is 23.1 Å². The Bertz CT molecular complexity index is 1180. The molecule has 2 heterocycles. The van der Waals surface area contributed by atoms with Crippen LogP contribution < -0.4 is 15.4 Å². The first kappa shape index (κ1) is 26.9. The molecule has 4 rings (SSSR count). The van der Waals surface area contributed by atoms with Crippen molar-refractivity contribution in [1.82, 2.24) is 5.32 Å². The van der Waals surface area contributed by atoms with Gasteiger partial charge in [-0.1, -0.05) is 38.5 Å². The van der Waals surface area contributed by atoms with Crippen molar-refractivity contribution in [1.29, 1.82) is 0 Å². The summed E-state index contributed by atoms with van der Waals surface area (Å²) in [6.45, 7) is 9.16. The summed E-state index contributed by atoms with van der Waals surface area (Å²) in [5.41, 5.74) is 2.99. The predicted octanol–water partition coefficient (Wildman–Crippen LogP) is 3.98. The van der Waals surface area contributed by atoms with Crippen LogP contribution in [0, 0.1) is 18.3 Å². The van der Waals surface area contributed by atoms with Gasteiger partial charge in [0, 0.05) is 17.5 Å². The Morgan fingerprint density at radius 2 is 1.94 bits per heavy atom. The van der Waals surface area contributed by atoms with E-state index in [-0.39, 0.29) is 42.0 Å². The van der Waals surface area contributed by atoms with E-state index in [2.05, 4.69) is 31.4 Å². The van der Waals surface area contributed by atoms with E-state index in [1.807, 2.05) is 31.2 Å². The van der Waals surface area contributed by atoms with Gasteiger partial charge in [-0.3, -0.25) is 4.79 Å². The Morgan fingerprint density at radius 3 is 2.58 bits per heavy atom. The zero-order valence-corrected chi connectivity index (χ0v) is 23.2. The van der Waals surface area contributed by atoms with Crippen molar-refractivity contribution in [2.24, 2.45) is 11.3 Å². The Balaban J connectivity index is 1.47. The van der Waals surface area contributed by atoms with Crippen LogP contribution in [0.2, 0.25) is 0 Å². The summed E-state index contributed by atoms with van der Waals surface area (Å²) in [7, 11) is -3.09. The number of nitrogens with one attached hydrogen (secondary N) is 2. The first-order valence-corrected chi connectivity index (χ1v) is 15.3. The van der Waals surface area contributed by atoms with Gasteiger partial charge in [0.15, 0.2) is 9.84 Å². The lowest BCUT2D eigenvalue weighted by molar-refractivity contribution is 0.0940. The van der Waals surface area contributed by atoms with Gasteiger partial charge >= 0.3 is 0 Å². The molecule has 3 unspecified atom stereocenters. The molecule has 1 aromatic heterocycles. The number of benzene rings is 1. The van der Waals surface area contributed by atoms with Crippen LogP contribution in [0.25, 0.3) is 0 Å². The van der Waals surface area contributed by atoms with Gasteiger partial charge in [-0.2, -0.15) is 0 Å². The van der Waals surface area contributed by atoms with Crippen LogP contribution in [0.3, 0.4) is 0 Å². The number of carbonyl (C=O) groups is 1. The number of sulfone groups is 1. The number of anilines is 1. The van der Waals surface area contributed by atoms with Gasteiger partial charge in [-0.05, 0) is 61.6 Å². The molecule has 2 aromatic rings. The van der Waals surface area contributed by atoms with Crippen LogP contribution >= 0.6 is 11.3 Å². The largest absolute Gasteiger partial charge is 0.491 e. The number of ether oxygens (including phenoxy) is 1. The summed E-state index contributed by atoms with van der Waals surface area (Å²) < 4.78 is 29.5. The van der Waals surface area contributed by atoms with Gasteiger partial charge in [-0.15, -0.1) is 11.3 Å². The van der Waals surface area contributed by atoms with Gasteiger partial charge in [-0.25, -0.2) is 8.42 Å². The molecular formula is C27H38N2O5S2. The van der Waals surface area contributed by atoms with Crippen LogP contribution in [0.4, 0.5) is 5.00 Å². The molecule has 3 N–H and O–H groups in total. The maximum absolute atomic E-state index is 13.4. The minimum absolute atomic E-state index is 0.00497. The number of hydrogen-bond donors (Lipinski definition) is 3. The summed E-state index contributed by atoms with van der Waals surface area (Å²) >= 11 is 1.58. The summed E-state index contributed by atoms with van der Waals surface area (Å²) in [5, 5.41) is 17.6. The highest BCUT2D eigenvalue weighted by Crippen LogP contribution is 2.44. The molecule has 1 aromatic carbocycles. The molecule has 36 heavy (non-hydrogen) atoms. The molecular weight excluding hydrogens is 496 g/mol. The topological polar surface area (TPSA) is 105 Å². The zero-order chi connectivity index (χ0) is 26.1. The number of aliphatic hydroxyl groups excluding tert-OH is 1. The van der Waals surface area contributed by atoms with E-state index in [4.69, 9.17) is 4.74 Å². The Labute approximate surface area is 218 Å². The molecule has 0 saturated carbocycles. The van der Waals surface area contributed by atoms with E-state index in [0.29, 0.717) is 23.7 Å². The van der Waals surface area contributed by atoms with Crippen LogP contribution in [0.15, 0.2) is 24.3 Å². The molecule has 3 atom stereocenters. The molecule has 9 heteroatoms. The third kappa shape index (κ3) is 6.61. The van der Waals surface area contributed by atoms with Crippen molar-refractivity contribution in [3.8, 4) is 5.75 Å². The summed E-state index contributed by atoms with van der Waals surface area (Å²) in [6.07, 6.45) is 2.44. The van der Waals surface area contributed by atoms with Crippen LogP contribution in [-0.4, -0.2) is 56.2 Å². The number of aryl methyl sites for hydroxylation is 1. The number of rotatable bonds is 8. The van der Waals surface area contributed by atoms with Crippen molar-refractivity contribution in [3.63, 3.8) is 0 Å². The van der Waals surface area contributed by atoms with Gasteiger partial charge in [0.2, 0.25) is 0 Å². The average Bonchev–Trinajstić information content (AvgIpc) is 3.34. The second-order valence-electron chi connectivity index (χ2n) is 11.2. The fraction of sp³-hybridized carbons (Fsp3) is 0.593. The summed E-state index contributed by atoms with van der Waals surface area (Å²) in [4.78, 5) is 14.6. The fourth-order valence-corrected chi connectivity index (χ4v) is 7.96. The van der Waals surface area contributed by atoms with Gasteiger partial charge < -0.3 is 20.5 Å². The minimum atomic E-state index is -3.09. The molecule has 1 aliphatic carbocycles. The van der Waals surface area contributed by atoms with Gasteiger partial charge in [0.25, 0.3) is 5.91 Å². The number of fused-ring (bicyclic) bond motifs is 1. The molecule has 1 aliphatic heterocycles. The van der Waals surface area contributed by atoms with E-state index < -0.39 is 15.9 Å². The Morgan fingerprint density at radius 1 is 1.22 bits per heavy atom. The van der Waals surface area contributed by atoms with E-state index in [9.17, 15) is 18.3 Å². The Kier molecular flexibility index (Phi) is 8.02.